The molecule has 0 aromatic carbocycles. The first-order valence-corrected chi connectivity index (χ1v) is 5.26. The van der Waals surface area contributed by atoms with Crippen molar-refractivity contribution in [2.75, 3.05) is 0 Å². The van der Waals surface area contributed by atoms with Gasteiger partial charge in [-0.25, -0.2) is 0 Å². The molecule has 0 bridgehead atoms. The molecule has 0 unspecified atom stereocenters. The minimum absolute atomic E-state index is 0.123. The maximum atomic E-state index is 11.7. The van der Waals surface area contributed by atoms with E-state index < -0.39 is 0 Å². The molecule has 14 heavy (non-hydrogen) atoms. The van der Waals surface area contributed by atoms with Crippen LogP contribution in [0.3, 0.4) is 0 Å². The topological polar surface area (TPSA) is 17.1 Å². The lowest BCUT2D eigenvalue weighted by Crippen LogP contribution is -2.20. The second-order valence-electron chi connectivity index (χ2n) is 6.03. The van der Waals surface area contributed by atoms with Crippen LogP contribution in [0.25, 0.3) is 0 Å². The summed E-state index contributed by atoms with van der Waals surface area (Å²) in [5.74, 6) is 0.322. The Bertz CT molecular complexity index is 197. The molecule has 0 saturated carbocycles. The number of hydrogen-bond acceptors (Lipinski definition) is 1. The summed E-state index contributed by atoms with van der Waals surface area (Å²) in [5.41, 5.74) is 1.08. The van der Waals surface area contributed by atoms with Crippen molar-refractivity contribution in [3.63, 3.8) is 0 Å². The van der Waals surface area contributed by atoms with Crippen molar-refractivity contribution in [3.8, 4) is 0 Å². The predicted molar refractivity (Wildman–Crippen MR) is 62.3 cm³/mol. The van der Waals surface area contributed by atoms with Gasteiger partial charge in [0.2, 0.25) is 0 Å². The van der Waals surface area contributed by atoms with Gasteiger partial charge in [0, 0.05) is 11.8 Å². The number of hydrogen-bond donors (Lipinski definition) is 0. The molecule has 0 fully saturated rings. The first kappa shape index (κ1) is 13.4. The summed E-state index contributed by atoms with van der Waals surface area (Å²) >= 11 is 0. The van der Waals surface area contributed by atoms with E-state index in [2.05, 4.69) is 27.4 Å². The van der Waals surface area contributed by atoms with Gasteiger partial charge in [-0.05, 0) is 11.8 Å². The molecular weight excluding hydrogens is 172 g/mol. The molecule has 0 N–H and O–H groups in total. The molecule has 82 valence electrons. The van der Waals surface area contributed by atoms with Crippen LogP contribution >= 0.6 is 0 Å². The molecule has 0 aromatic rings. The Kier molecular flexibility index (Phi) is 4.11. The van der Waals surface area contributed by atoms with E-state index in [9.17, 15) is 4.79 Å². The zero-order valence-electron chi connectivity index (χ0n) is 10.5. The van der Waals surface area contributed by atoms with Crippen LogP contribution in [0.1, 0.15) is 54.4 Å². The average Bonchev–Trinajstić information content (AvgIpc) is 1.95. The van der Waals surface area contributed by atoms with Crippen molar-refractivity contribution in [1.29, 1.82) is 0 Å². The van der Waals surface area contributed by atoms with Crippen LogP contribution in [0.15, 0.2) is 12.2 Å². The molecule has 0 rings (SSSR count). The summed E-state index contributed by atoms with van der Waals surface area (Å²) in [6.07, 6.45) is 1.44. The number of ketones is 1. The third-order valence-corrected chi connectivity index (χ3v) is 2.55. The monoisotopic (exact) mass is 196 g/mol. The molecule has 0 amide bonds. The van der Waals surface area contributed by atoms with E-state index >= 15 is 0 Å². The standard InChI is InChI=1S/C13H24O/c1-10(12(2,3)4)8-9-11(14)13(5,6)7/h1,8-9H2,2-7H3. The van der Waals surface area contributed by atoms with Crippen LogP contribution in [0.2, 0.25) is 0 Å². The Morgan fingerprint density at radius 1 is 0.929 bits per heavy atom. The lowest BCUT2D eigenvalue weighted by Gasteiger charge is -2.23. The van der Waals surface area contributed by atoms with Gasteiger partial charge in [-0.2, -0.15) is 0 Å². The fraction of sp³-hybridized carbons (Fsp3) is 0.769. The van der Waals surface area contributed by atoms with Crippen molar-refractivity contribution in [1.82, 2.24) is 0 Å². The highest BCUT2D eigenvalue weighted by Crippen LogP contribution is 2.28. The van der Waals surface area contributed by atoms with Gasteiger partial charge in [-0.1, -0.05) is 53.7 Å². The minimum Gasteiger partial charge on any atom is -0.299 e. The van der Waals surface area contributed by atoms with E-state index in [4.69, 9.17) is 0 Å². The van der Waals surface area contributed by atoms with Crippen molar-refractivity contribution in [2.45, 2.75) is 54.4 Å². The molecule has 0 spiro atoms. The highest BCUT2D eigenvalue weighted by molar-refractivity contribution is 5.83. The number of Topliss-reactive ketones (excluding diaryl/α,β-unsaturated/α-hetero) is 1. The van der Waals surface area contributed by atoms with Gasteiger partial charge in [0.25, 0.3) is 0 Å². The SMILES string of the molecule is C=C(CCC(=O)C(C)(C)C)C(C)(C)C. The molecule has 0 atom stereocenters. The molecule has 0 radical (unpaired) electrons. The smallest absolute Gasteiger partial charge is 0.138 e. The molecule has 0 heterocycles. The maximum absolute atomic E-state index is 11.7. The molecule has 0 aliphatic heterocycles. The van der Waals surface area contributed by atoms with E-state index in [1.54, 1.807) is 0 Å². The van der Waals surface area contributed by atoms with Gasteiger partial charge in [0.05, 0.1) is 0 Å². The summed E-state index contributed by atoms with van der Waals surface area (Å²) in [4.78, 5) is 11.7. The Hall–Kier alpha value is -0.590. The second-order valence-corrected chi connectivity index (χ2v) is 6.03. The molecule has 0 aliphatic rings. The third kappa shape index (κ3) is 4.59. The number of rotatable bonds is 3. The molecule has 0 saturated heterocycles. The van der Waals surface area contributed by atoms with E-state index in [0.717, 1.165) is 12.0 Å². The van der Waals surface area contributed by atoms with Crippen LogP contribution in [-0.4, -0.2) is 5.78 Å². The first-order chi connectivity index (χ1) is 6.05. The first-order valence-electron chi connectivity index (χ1n) is 5.26. The van der Waals surface area contributed by atoms with Crippen molar-refractivity contribution >= 4 is 5.78 Å². The quantitative estimate of drug-likeness (QED) is 0.624. The van der Waals surface area contributed by atoms with Gasteiger partial charge in [-0.15, -0.1) is 0 Å². The van der Waals surface area contributed by atoms with Gasteiger partial charge < -0.3 is 0 Å². The normalized spacial score (nSPS) is 12.7. The Labute approximate surface area is 88.6 Å². The lowest BCUT2D eigenvalue weighted by molar-refractivity contribution is -0.126. The molecule has 1 nitrogen and oxygen atoms in total. The fourth-order valence-corrected chi connectivity index (χ4v) is 1.01. The van der Waals surface area contributed by atoms with Crippen LogP contribution in [0.4, 0.5) is 0 Å². The summed E-state index contributed by atoms with van der Waals surface area (Å²) in [6.45, 7) is 16.3. The van der Waals surface area contributed by atoms with Gasteiger partial charge in [0.1, 0.15) is 5.78 Å². The van der Waals surface area contributed by atoms with Crippen molar-refractivity contribution in [3.05, 3.63) is 12.2 Å². The van der Waals surface area contributed by atoms with E-state index in [-0.39, 0.29) is 10.8 Å². The van der Waals surface area contributed by atoms with Crippen LogP contribution in [-0.2, 0) is 4.79 Å². The van der Waals surface area contributed by atoms with Crippen molar-refractivity contribution < 1.29 is 4.79 Å². The predicted octanol–water partition coefficient (Wildman–Crippen LogP) is 3.98. The fourth-order valence-electron chi connectivity index (χ4n) is 1.01. The van der Waals surface area contributed by atoms with E-state index in [1.165, 1.54) is 0 Å². The maximum Gasteiger partial charge on any atom is 0.138 e. The zero-order chi connectivity index (χ0) is 11.6. The van der Waals surface area contributed by atoms with Crippen LogP contribution in [0.5, 0.6) is 0 Å². The average molecular weight is 196 g/mol. The molecule has 0 aromatic heterocycles. The Morgan fingerprint density at radius 3 is 1.64 bits per heavy atom. The summed E-state index contributed by atoms with van der Waals surface area (Å²) in [5, 5.41) is 0. The minimum atomic E-state index is -0.210. The lowest BCUT2D eigenvalue weighted by atomic mass is 9.81. The third-order valence-electron chi connectivity index (χ3n) is 2.55. The number of allylic oxidation sites excluding steroid dienone is 1. The number of carbonyl (C=O) groups excluding carboxylic acids is 1. The molecule has 1 heteroatoms. The van der Waals surface area contributed by atoms with Gasteiger partial charge in [-0.3, -0.25) is 4.79 Å². The summed E-state index contributed by atoms with van der Waals surface area (Å²) in [7, 11) is 0. The van der Waals surface area contributed by atoms with Gasteiger partial charge >= 0.3 is 0 Å². The highest BCUT2D eigenvalue weighted by Gasteiger charge is 2.22. The highest BCUT2D eigenvalue weighted by atomic mass is 16.1. The zero-order valence-corrected chi connectivity index (χ0v) is 10.5. The van der Waals surface area contributed by atoms with Gasteiger partial charge in [0.15, 0.2) is 0 Å². The second kappa shape index (κ2) is 4.29. The molecular formula is C13H24O. The summed E-state index contributed by atoms with van der Waals surface area (Å²) < 4.78 is 0. The largest absolute Gasteiger partial charge is 0.299 e. The van der Waals surface area contributed by atoms with E-state index in [0.29, 0.717) is 12.2 Å². The van der Waals surface area contributed by atoms with Crippen LogP contribution in [0, 0.1) is 10.8 Å². The Balaban J connectivity index is 4.10. The molecule has 0 aliphatic carbocycles. The van der Waals surface area contributed by atoms with Crippen LogP contribution < -0.4 is 0 Å². The van der Waals surface area contributed by atoms with E-state index in [1.807, 2.05) is 20.8 Å². The number of carbonyl (C=O) groups is 1. The van der Waals surface area contributed by atoms with Crippen molar-refractivity contribution in [2.24, 2.45) is 10.8 Å². The summed E-state index contributed by atoms with van der Waals surface area (Å²) in [6, 6.07) is 0. The Morgan fingerprint density at radius 2 is 1.36 bits per heavy atom.